The quantitative estimate of drug-likeness (QED) is 0.622. The van der Waals surface area contributed by atoms with E-state index in [0.717, 1.165) is 11.1 Å². The second-order valence-corrected chi connectivity index (χ2v) is 6.64. The van der Waals surface area contributed by atoms with E-state index in [2.05, 4.69) is 10.3 Å². The van der Waals surface area contributed by atoms with Gasteiger partial charge in [0, 0.05) is 12.4 Å². The average Bonchev–Trinajstić information content (AvgIpc) is 2.73. The molecule has 6 heteroatoms. The summed E-state index contributed by atoms with van der Waals surface area (Å²) >= 11 is 6.10. The predicted molar refractivity (Wildman–Crippen MR) is 109 cm³/mol. The molecule has 1 amide bonds. The average molecular weight is 397 g/mol. The van der Waals surface area contributed by atoms with Crippen LogP contribution in [0.5, 0.6) is 11.5 Å². The highest BCUT2D eigenvalue weighted by molar-refractivity contribution is 6.33. The zero-order chi connectivity index (χ0) is 19.9. The number of ether oxygens (including phenoxy) is 2. The molecule has 0 spiro atoms. The Labute approximate surface area is 169 Å². The molecule has 0 saturated carbocycles. The molecule has 1 aromatic heterocycles. The fraction of sp³-hybridized carbons (Fsp3) is 0.182. The van der Waals surface area contributed by atoms with Crippen LogP contribution in [0.15, 0.2) is 67.0 Å². The molecule has 144 valence electrons. The van der Waals surface area contributed by atoms with Crippen LogP contribution in [0.2, 0.25) is 5.02 Å². The molecule has 1 unspecified atom stereocenters. The van der Waals surface area contributed by atoms with E-state index in [1.165, 1.54) is 0 Å². The number of pyridine rings is 1. The molecular formula is C22H21ClN2O3. The van der Waals surface area contributed by atoms with Crippen molar-refractivity contribution in [3.8, 4) is 11.5 Å². The van der Waals surface area contributed by atoms with Gasteiger partial charge in [-0.25, -0.2) is 0 Å². The highest BCUT2D eigenvalue weighted by Gasteiger charge is 2.16. The number of carbonyl (C=O) groups is 1. The number of benzene rings is 2. The van der Waals surface area contributed by atoms with Crippen molar-refractivity contribution >= 4 is 17.5 Å². The molecule has 28 heavy (non-hydrogen) atoms. The van der Waals surface area contributed by atoms with Crippen LogP contribution in [0.4, 0.5) is 0 Å². The third kappa shape index (κ3) is 4.81. The fourth-order valence-corrected chi connectivity index (χ4v) is 2.94. The van der Waals surface area contributed by atoms with E-state index in [1.807, 2.05) is 37.3 Å². The lowest BCUT2D eigenvalue weighted by molar-refractivity contribution is 0.0940. The minimum Gasteiger partial charge on any atom is -0.493 e. The Hall–Kier alpha value is -3.05. The molecule has 0 aliphatic heterocycles. The highest BCUT2D eigenvalue weighted by Crippen LogP contribution is 2.31. The standard InChI is InChI=1S/C22H21ClN2O3/c1-15(25-22(26)18-5-3-4-6-19(18)23)17-7-8-20(21(13-17)27-2)28-14-16-9-11-24-12-10-16/h3-13,15H,14H2,1-2H3,(H,25,26). The Bertz CT molecular complexity index is 948. The number of hydrogen-bond donors (Lipinski definition) is 1. The van der Waals surface area contributed by atoms with Crippen molar-refractivity contribution in [2.75, 3.05) is 7.11 Å². The fourth-order valence-electron chi connectivity index (χ4n) is 2.72. The topological polar surface area (TPSA) is 60.5 Å². The second-order valence-electron chi connectivity index (χ2n) is 6.23. The van der Waals surface area contributed by atoms with Crippen LogP contribution in [0, 0.1) is 0 Å². The summed E-state index contributed by atoms with van der Waals surface area (Å²) in [5.74, 6) is 1.01. The van der Waals surface area contributed by atoms with Crippen molar-refractivity contribution in [3.05, 3.63) is 88.7 Å². The summed E-state index contributed by atoms with van der Waals surface area (Å²) in [7, 11) is 1.59. The summed E-state index contributed by atoms with van der Waals surface area (Å²) in [6, 6.07) is 16.1. The van der Waals surface area contributed by atoms with Crippen molar-refractivity contribution in [2.45, 2.75) is 19.6 Å². The van der Waals surface area contributed by atoms with Gasteiger partial charge in [-0.1, -0.05) is 29.8 Å². The number of halogens is 1. The van der Waals surface area contributed by atoms with Crippen LogP contribution in [-0.4, -0.2) is 18.0 Å². The van der Waals surface area contributed by atoms with Gasteiger partial charge >= 0.3 is 0 Å². The van der Waals surface area contributed by atoms with Crippen LogP contribution in [0.1, 0.15) is 34.5 Å². The largest absolute Gasteiger partial charge is 0.493 e. The summed E-state index contributed by atoms with van der Waals surface area (Å²) in [4.78, 5) is 16.5. The van der Waals surface area contributed by atoms with Gasteiger partial charge in [-0.15, -0.1) is 0 Å². The van der Waals surface area contributed by atoms with Crippen molar-refractivity contribution in [1.82, 2.24) is 10.3 Å². The molecule has 0 bridgehead atoms. The first kappa shape index (κ1) is 19.7. The maximum atomic E-state index is 12.5. The molecule has 3 rings (SSSR count). The monoisotopic (exact) mass is 396 g/mol. The van der Waals surface area contributed by atoms with Gasteiger partial charge in [0.2, 0.25) is 0 Å². The first-order valence-corrected chi connectivity index (χ1v) is 9.21. The summed E-state index contributed by atoms with van der Waals surface area (Å²) in [6.45, 7) is 2.32. The first-order chi connectivity index (χ1) is 13.6. The van der Waals surface area contributed by atoms with E-state index in [4.69, 9.17) is 21.1 Å². The number of aromatic nitrogens is 1. The Morgan fingerprint density at radius 3 is 2.57 bits per heavy atom. The third-order valence-electron chi connectivity index (χ3n) is 4.30. The number of amides is 1. The predicted octanol–water partition coefficient (Wildman–Crippen LogP) is 4.81. The van der Waals surface area contributed by atoms with Crippen LogP contribution in [0.25, 0.3) is 0 Å². The van der Waals surface area contributed by atoms with E-state index >= 15 is 0 Å². The van der Waals surface area contributed by atoms with E-state index < -0.39 is 0 Å². The van der Waals surface area contributed by atoms with Crippen LogP contribution >= 0.6 is 11.6 Å². The van der Waals surface area contributed by atoms with Gasteiger partial charge in [-0.3, -0.25) is 9.78 Å². The Kier molecular flexibility index (Phi) is 6.50. The molecule has 1 atom stereocenters. The number of rotatable bonds is 7. The molecule has 1 N–H and O–H groups in total. The van der Waals surface area contributed by atoms with Crippen LogP contribution in [0.3, 0.4) is 0 Å². The van der Waals surface area contributed by atoms with Crippen molar-refractivity contribution in [3.63, 3.8) is 0 Å². The van der Waals surface area contributed by atoms with Crippen LogP contribution in [-0.2, 0) is 6.61 Å². The summed E-state index contributed by atoms with van der Waals surface area (Å²) in [5, 5.41) is 3.38. The Morgan fingerprint density at radius 2 is 1.86 bits per heavy atom. The maximum absolute atomic E-state index is 12.5. The zero-order valence-corrected chi connectivity index (χ0v) is 16.4. The number of nitrogens with one attached hydrogen (secondary N) is 1. The molecule has 1 heterocycles. The Morgan fingerprint density at radius 1 is 1.11 bits per heavy atom. The van der Waals surface area contributed by atoms with E-state index in [1.54, 1.807) is 43.8 Å². The Balaban J connectivity index is 1.70. The summed E-state index contributed by atoms with van der Waals surface area (Å²) in [6.07, 6.45) is 3.45. The molecule has 0 fully saturated rings. The van der Waals surface area contributed by atoms with Crippen molar-refractivity contribution in [1.29, 1.82) is 0 Å². The number of hydrogen-bond acceptors (Lipinski definition) is 4. The van der Waals surface area contributed by atoms with Gasteiger partial charge in [-0.05, 0) is 54.4 Å². The lowest BCUT2D eigenvalue weighted by Gasteiger charge is -2.17. The number of carbonyl (C=O) groups excluding carboxylic acids is 1. The van der Waals surface area contributed by atoms with Crippen LogP contribution < -0.4 is 14.8 Å². The minimum absolute atomic E-state index is 0.227. The second kappa shape index (κ2) is 9.24. The van der Waals surface area contributed by atoms with E-state index in [0.29, 0.717) is 28.7 Å². The van der Waals surface area contributed by atoms with E-state index in [-0.39, 0.29) is 11.9 Å². The molecule has 0 aliphatic carbocycles. The molecule has 0 aliphatic rings. The van der Waals surface area contributed by atoms with Gasteiger partial charge in [0.15, 0.2) is 11.5 Å². The van der Waals surface area contributed by atoms with Crippen molar-refractivity contribution in [2.24, 2.45) is 0 Å². The van der Waals surface area contributed by atoms with Gasteiger partial charge < -0.3 is 14.8 Å². The van der Waals surface area contributed by atoms with E-state index in [9.17, 15) is 4.79 Å². The molecule has 3 aromatic rings. The molecule has 2 aromatic carbocycles. The highest BCUT2D eigenvalue weighted by atomic mass is 35.5. The first-order valence-electron chi connectivity index (χ1n) is 8.83. The van der Waals surface area contributed by atoms with Gasteiger partial charge in [0.1, 0.15) is 6.61 Å². The third-order valence-corrected chi connectivity index (χ3v) is 4.63. The molecule has 5 nitrogen and oxygen atoms in total. The summed E-state index contributed by atoms with van der Waals surface area (Å²) in [5.41, 5.74) is 2.36. The van der Waals surface area contributed by atoms with Gasteiger partial charge in [0.05, 0.1) is 23.7 Å². The van der Waals surface area contributed by atoms with Gasteiger partial charge in [0.25, 0.3) is 5.91 Å². The smallest absolute Gasteiger partial charge is 0.253 e. The van der Waals surface area contributed by atoms with Gasteiger partial charge in [-0.2, -0.15) is 0 Å². The van der Waals surface area contributed by atoms with Crippen molar-refractivity contribution < 1.29 is 14.3 Å². The normalized spacial score (nSPS) is 11.5. The molecular weight excluding hydrogens is 376 g/mol. The molecule has 0 radical (unpaired) electrons. The minimum atomic E-state index is -0.230. The lowest BCUT2D eigenvalue weighted by atomic mass is 10.1. The summed E-state index contributed by atoms with van der Waals surface area (Å²) < 4.78 is 11.3. The number of methoxy groups -OCH3 is 1. The maximum Gasteiger partial charge on any atom is 0.253 e. The molecule has 0 saturated heterocycles. The number of nitrogens with zero attached hydrogens (tertiary/aromatic N) is 1. The SMILES string of the molecule is COc1cc(C(C)NC(=O)c2ccccc2Cl)ccc1OCc1ccncc1. The lowest BCUT2D eigenvalue weighted by Crippen LogP contribution is -2.26. The zero-order valence-electron chi connectivity index (χ0n) is 15.7.